The molecule has 1 aliphatic heterocycles. The standard InChI is InChI=1S/C13H26N2O/c1-13(2,3)12-9-11(5-4-7-14)6-8-15(12)10-16/h10-12H,4-9,14H2,1-3H3. The van der Waals surface area contributed by atoms with Crippen molar-refractivity contribution in [2.45, 2.75) is 52.5 Å². The van der Waals surface area contributed by atoms with E-state index in [1.54, 1.807) is 0 Å². The number of nitrogens with two attached hydrogens (primary N) is 1. The van der Waals surface area contributed by atoms with Crippen LogP contribution in [0.3, 0.4) is 0 Å². The van der Waals surface area contributed by atoms with Crippen LogP contribution in [-0.4, -0.2) is 30.4 Å². The summed E-state index contributed by atoms with van der Waals surface area (Å²) in [5.74, 6) is 0.754. The van der Waals surface area contributed by atoms with Crippen LogP contribution in [0.1, 0.15) is 46.5 Å². The van der Waals surface area contributed by atoms with Crippen molar-refractivity contribution in [3.05, 3.63) is 0 Å². The van der Waals surface area contributed by atoms with Gasteiger partial charge in [-0.3, -0.25) is 4.79 Å². The van der Waals surface area contributed by atoms with Crippen LogP contribution in [0.5, 0.6) is 0 Å². The average molecular weight is 226 g/mol. The molecule has 94 valence electrons. The third-order valence-electron chi connectivity index (χ3n) is 3.70. The molecule has 0 aromatic heterocycles. The number of hydrogen-bond donors (Lipinski definition) is 1. The Kier molecular flexibility index (Phi) is 4.78. The molecule has 1 saturated heterocycles. The van der Waals surface area contributed by atoms with Gasteiger partial charge in [-0.25, -0.2) is 0 Å². The van der Waals surface area contributed by atoms with Gasteiger partial charge in [0.1, 0.15) is 0 Å². The van der Waals surface area contributed by atoms with Gasteiger partial charge < -0.3 is 10.6 Å². The lowest BCUT2D eigenvalue weighted by molar-refractivity contribution is -0.125. The SMILES string of the molecule is CC(C)(C)C1CC(CCCN)CCN1C=O. The highest BCUT2D eigenvalue weighted by molar-refractivity contribution is 5.48. The molecule has 1 heterocycles. The van der Waals surface area contributed by atoms with E-state index in [2.05, 4.69) is 20.8 Å². The monoisotopic (exact) mass is 226 g/mol. The molecule has 0 radical (unpaired) electrons. The molecule has 0 bridgehead atoms. The first-order valence-electron chi connectivity index (χ1n) is 6.40. The van der Waals surface area contributed by atoms with E-state index in [1.807, 2.05) is 4.90 Å². The minimum atomic E-state index is 0.183. The summed E-state index contributed by atoms with van der Waals surface area (Å²) in [4.78, 5) is 13.0. The maximum atomic E-state index is 11.0. The molecule has 0 aromatic rings. The van der Waals surface area contributed by atoms with E-state index < -0.39 is 0 Å². The van der Waals surface area contributed by atoms with Crippen molar-refractivity contribution in [3.63, 3.8) is 0 Å². The lowest BCUT2D eigenvalue weighted by Gasteiger charge is -2.44. The maximum absolute atomic E-state index is 11.0. The first-order valence-corrected chi connectivity index (χ1v) is 6.40. The van der Waals surface area contributed by atoms with Crippen molar-refractivity contribution in [2.75, 3.05) is 13.1 Å². The molecule has 0 aromatic carbocycles. The summed E-state index contributed by atoms with van der Waals surface area (Å²) in [5, 5.41) is 0. The molecular weight excluding hydrogens is 200 g/mol. The minimum Gasteiger partial charge on any atom is -0.342 e. The van der Waals surface area contributed by atoms with Crippen LogP contribution in [0.25, 0.3) is 0 Å². The molecule has 2 N–H and O–H groups in total. The molecule has 1 amide bonds. The Bertz CT molecular complexity index is 222. The number of hydrogen-bond acceptors (Lipinski definition) is 2. The number of carbonyl (C=O) groups excluding carboxylic acids is 1. The predicted molar refractivity (Wildman–Crippen MR) is 67.0 cm³/mol. The number of carbonyl (C=O) groups is 1. The second-order valence-electron chi connectivity index (χ2n) is 6.05. The van der Waals surface area contributed by atoms with Gasteiger partial charge in [-0.2, -0.15) is 0 Å². The van der Waals surface area contributed by atoms with E-state index >= 15 is 0 Å². The van der Waals surface area contributed by atoms with E-state index in [-0.39, 0.29) is 5.41 Å². The molecule has 1 fully saturated rings. The second kappa shape index (κ2) is 5.67. The lowest BCUT2D eigenvalue weighted by Crippen LogP contribution is -2.48. The van der Waals surface area contributed by atoms with Crippen LogP contribution in [0.15, 0.2) is 0 Å². The van der Waals surface area contributed by atoms with Gasteiger partial charge in [-0.15, -0.1) is 0 Å². The largest absolute Gasteiger partial charge is 0.342 e. The Balaban J connectivity index is 2.58. The molecule has 2 atom stereocenters. The maximum Gasteiger partial charge on any atom is 0.209 e. The zero-order chi connectivity index (χ0) is 12.2. The summed E-state index contributed by atoms with van der Waals surface area (Å²) in [7, 11) is 0. The Hall–Kier alpha value is -0.570. The van der Waals surface area contributed by atoms with Crippen molar-refractivity contribution in [3.8, 4) is 0 Å². The number of nitrogens with zero attached hydrogens (tertiary/aromatic N) is 1. The van der Waals surface area contributed by atoms with E-state index in [9.17, 15) is 4.79 Å². The van der Waals surface area contributed by atoms with Gasteiger partial charge in [-0.1, -0.05) is 20.8 Å². The number of amides is 1. The molecule has 2 unspecified atom stereocenters. The fraction of sp³-hybridized carbons (Fsp3) is 0.923. The Morgan fingerprint density at radius 1 is 1.44 bits per heavy atom. The summed E-state index contributed by atoms with van der Waals surface area (Å²) in [6.45, 7) is 8.37. The third-order valence-corrected chi connectivity index (χ3v) is 3.70. The fourth-order valence-corrected chi connectivity index (χ4v) is 2.70. The molecule has 0 saturated carbocycles. The van der Waals surface area contributed by atoms with Gasteiger partial charge in [0.2, 0.25) is 6.41 Å². The van der Waals surface area contributed by atoms with Crippen molar-refractivity contribution in [2.24, 2.45) is 17.1 Å². The third kappa shape index (κ3) is 3.48. The second-order valence-corrected chi connectivity index (χ2v) is 6.05. The molecule has 1 rings (SSSR count). The molecule has 1 aliphatic rings. The van der Waals surface area contributed by atoms with Gasteiger partial charge >= 0.3 is 0 Å². The molecule has 16 heavy (non-hydrogen) atoms. The Morgan fingerprint density at radius 3 is 2.62 bits per heavy atom. The average Bonchev–Trinajstić information content (AvgIpc) is 2.24. The van der Waals surface area contributed by atoms with Crippen molar-refractivity contribution < 1.29 is 4.79 Å². The predicted octanol–water partition coefficient (Wildman–Crippen LogP) is 2.01. The summed E-state index contributed by atoms with van der Waals surface area (Å²) >= 11 is 0. The Morgan fingerprint density at radius 2 is 2.12 bits per heavy atom. The first-order chi connectivity index (χ1) is 7.49. The van der Waals surface area contributed by atoms with Crippen LogP contribution in [-0.2, 0) is 4.79 Å². The van der Waals surface area contributed by atoms with Gasteiger partial charge in [0, 0.05) is 12.6 Å². The van der Waals surface area contributed by atoms with Crippen LogP contribution in [0, 0.1) is 11.3 Å². The van der Waals surface area contributed by atoms with Gasteiger partial charge in [0.15, 0.2) is 0 Å². The molecular formula is C13H26N2O. The smallest absolute Gasteiger partial charge is 0.209 e. The zero-order valence-corrected chi connectivity index (χ0v) is 10.9. The summed E-state index contributed by atoms with van der Waals surface area (Å²) < 4.78 is 0. The highest BCUT2D eigenvalue weighted by Crippen LogP contribution is 2.35. The molecule has 0 spiro atoms. The first kappa shape index (κ1) is 13.5. The zero-order valence-electron chi connectivity index (χ0n) is 10.9. The molecule has 3 nitrogen and oxygen atoms in total. The summed E-state index contributed by atoms with van der Waals surface area (Å²) in [5.41, 5.74) is 5.74. The summed E-state index contributed by atoms with van der Waals surface area (Å²) in [6, 6.07) is 0.390. The quantitative estimate of drug-likeness (QED) is 0.745. The Labute approximate surface area is 99.4 Å². The van der Waals surface area contributed by atoms with Crippen molar-refractivity contribution in [1.82, 2.24) is 4.90 Å². The van der Waals surface area contributed by atoms with Gasteiger partial charge in [0.25, 0.3) is 0 Å². The van der Waals surface area contributed by atoms with Gasteiger partial charge in [-0.05, 0) is 43.6 Å². The van der Waals surface area contributed by atoms with Crippen LogP contribution in [0.4, 0.5) is 0 Å². The van der Waals surface area contributed by atoms with Gasteiger partial charge in [0.05, 0.1) is 0 Å². The van der Waals surface area contributed by atoms with Crippen LogP contribution >= 0.6 is 0 Å². The van der Waals surface area contributed by atoms with E-state index in [0.717, 1.165) is 44.7 Å². The molecule has 3 heteroatoms. The van der Waals surface area contributed by atoms with E-state index in [1.165, 1.54) is 6.42 Å². The minimum absolute atomic E-state index is 0.183. The highest BCUT2D eigenvalue weighted by atomic mass is 16.1. The number of likely N-dealkylation sites (tertiary alicyclic amines) is 1. The highest BCUT2D eigenvalue weighted by Gasteiger charge is 2.35. The van der Waals surface area contributed by atoms with Crippen LogP contribution in [0.2, 0.25) is 0 Å². The van der Waals surface area contributed by atoms with E-state index in [4.69, 9.17) is 5.73 Å². The van der Waals surface area contributed by atoms with Crippen molar-refractivity contribution in [1.29, 1.82) is 0 Å². The molecule has 0 aliphatic carbocycles. The lowest BCUT2D eigenvalue weighted by atomic mass is 9.76. The normalized spacial score (nSPS) is 26.9. The van der Waals surface area contributed by atoms with Crippen molar-refractivity contribution >= 4 is 6.41 Å². The van der Waals surface area contributed by atoms with Crippen LogP contribution < -0.4 is 5.73 Å². The number of rotatable bonds is 4. The fourth-order valence-electron chi connectivity index (χ4n) is 2.70. The van der Waals surface area contributed by atoms with E-state index in [0.29, 0.717) is 6.04 Å². The topological polar surface area (TPSA) is 46.3 Å². The summed E-state index contributed by atoms with van der Waals surface area (Å²) in [6.07, 6.45) is 5.64. The number of piperidine rings is 1.